The average Bonchev–Trinajstić information content (AvgIpc) is 1.66. The molecule has 0 radical (unpaired) electrons. The summed E-state index contributed by atoms with van der Waals surface area (Å²) in [6, 6.07) is 0. The minimum atomic E-state index is -1.46. The first-order valence-corrected chi connectivity index (χ1v) is 43.6. The predicted octanol–water partition coefficient (Wildman–Crippen LogP) is 6.51. The van der Waals surface area contributed by atoms with Gasteiger partial charge in [0.25, 0.3) is 41.9 Å². The first-order chi connectivity index (χ1) is 64.6. The summed E-state index contributed by atoms with van der Waals surface area (Å²) in [4.78, 5) is 170. The number of carboxylic acids is 2. The van der Waals surface area contributed by atoms with Crippen LogP contribution in [0.5, 0.6) is 0 Å². The van der Waals surface area contributed by atoms with E-state index in [9.17, 15) is 92.3 Å². The average molecular weight is 2000 g/mol. The van der Waals surface area contributed by atoms with E-state index in [1.54, 1.807) is 20.8 Å². The molecular formula is C91H119ClO47. The number of aliphatic carboxylic acids is 2. The van der Waals surface area contributed by atoms with Crippen molar-refractivity contribution < 1.29 is 228 Å². The van der Waals surface area contributed by atoms with Crippen LogP contribution in [0.4, 0.5) is 0 Å². The highest BCUT2D eigenvalue weighted by Crippen LogP contribution is 2.46. The molecule has 17 atom stereocenters. The third kappa shape index (κ3) is 31.3. The zero-order valence-corrected chi connectivity index (χ0v) is 80.9. The summed E-state index contributed by atoms with van der Waals surface area (Å²) < 4.78 is 106. The smallest absolute Gasteiger partial charge is 0.378 e. The molecule has 0 spiro atoms. The van der Waals surface area contributed by atoms with E-state index in [0.29, 0.717) is 50.9 Å². The number of carbonyl (C=O) groups excluding carboxylic acids is 13. The molecule has 0 aromatic carbocycles. The number of esters is 11. The molecule has 4 fully saturated rings. The Morgan fingerprint density at radius 3 is 1.06 bits per heavy atom. The third-order valence-corrected chi connectivity index (χ3v) is 21.4. The van der Waals surface area contributed by atoms with Crippen molar-refractivity contribution in [2.24, 2.45) is 16.2 Å². The Hall–Kier alpha value is -11.8. The van der Waals surface area contributed by atoms with Crippen LogP contribution in [0.1, 0.15) is 178 Å². The highest BCUT2D eigenvalue weighted by atomic mass is 35.5. The molecule has 9 aliphatic heterocycles. The molecular weight excluding hydrogens is 1880 g/mol. The Balaban J connectivity index is 0.000000259. The number of hydrogen-bond acceptors (Lipinski definition) is 45. The van der Waals surface area contributed by atoms with E-state index in [0.717, 1.165) is 38.8 Å². The number of aliphatic hydroxyl groups is 9. The first kappa shape index (κ1) is 116. The Labute approximate surface area is 801 Å². The SMILES string of the molecule is CC(=O)OC1=C(OC(C)=O)[C@@H]([C@@H]2COC(C(=O)Cl)O2)OC1=O.CC(=O)OC1=C(OC(C)=O)[C@@H]([C@@H]2COC(C(=O)OC3CC(C)=C(C=C(C)C)C(C)(C)C3)O2)OC1=O.CC(C)=CC1=C(C)C(=O)C(O)CC1(C)C.CC(C)=CC1=C(C)CC(OC(=O)C2OC[C@@H]([C@H]3OC(=O)C(O)=C3O)O2)CC1(C)C.CCOC(OCC)C(=O)O.O=C1O[C@H]([C@@H](O)CO)C(O)=C1O.O=C1O[C@H]([C@@H]2COC(C(=O)O)O2)C(O)=C1O. The fraction of sp³-hybridized carbons (Fsp3) is 0.593. The lowest BCUT2D eigenvalue weighted by Crippen LogP contribution is -2.36. The normalized spacial score (nSPS) is 27.7. The Morgan fingerprint density at radius 1 is 0.446 bits per heavy atom. The van der Waals surface area contributed by atoms with Gasteiger partial charge in [0.05, 0.1) is 33.0 Å². The van der Waals surface area contributed by atoms with Crippen LogP contribution in [-0.2, 0) is 171 Å². The number of halogens is 1. The van der Waals surface area contributed by atoms with Gasteiger partial charge < -0.3 is 156 Å². The maximum absolute atomic E-state index is 12.8. The molecule has 0 aromatic heterocycles. The molecule has 0 amide bonds. The topological polar surface area (TPSA) is 672 Å². The number of rotatable bonds is 24. The number of allylic oxidation sites excluding steroid dienone is 9. The van der Waals surface area contributed by atoms with Gasteiger partial charge in [0.2, 0.25) is 35.1 Å². The van der Waals surface area contributed by atoms with Crippen molar-refractivity contribution >= 4 is 100 Å². The first-order valence-electron chi connectivity index (χ1n) is 43.2. The van der Waals surface area contributed by atoms with Gasteiger partial charge >= 0.3 is 77.6 Å². The van der Waals surface area contributed by atoms with E-state index in [1.807, 2.05) is 41.5 Å². The number of ketones is 1. The Bertz CT molecular complexity index is 5040. The zero-order chi connectivity index (χ0) is 105. The van der Waals surface area contributed by atoms with Gasteiger partial charge in [0.1, 0.15) is 48.8 Å². The number of ether oxygens (including phenoxy) is 21. The summed E-state index contributed by atoms with van der Waals surface area (Å²) in [7, 11) is 0. The van der Waals surface area contributed by atoms with Crippen molar-refractivity contribution in [2.45, 2.75) is 288 Å². The molecule has 3 aliphatic carbocycles. The number of carbonyl (C=O) groups is 15. The molecule has 4 saturated heterocycles. The van der Waals surface area contributed by atoms with Crippen molar-refractivity contribution in [1.82, 2.24) is 0 Å². The predicted molar refractivity (Wildman–Crippen MR) is 464 cm³/mol. The molecule has 139 heavy (non-hydrogen) atoms. The number of cyclic esters (lactones) is 5. The summed E-state index contributed by atoms with van der Waals surface area (Å²) >= 11 is 5.24. The second kappa shape index (κ2) is 50.3. The van der Waals surface area contributed by atoms with Crippen LogP contribution in [0.3, 0.4) is 0 Å². The van der Waals surface area contributed by atoms with E-state index in [-0.39, 0.29) is 72.2 Å². The van der Waals surface area contributed by atoms with Crippen LogP contribution in [-0.4, -0.2) is 302 Å². The number of hydrogen-bond donors (Lipinski definition) is 11. The van der Waals surface area contributed by atoms with Gasteiger partial charge in [-0.25, -0.2) is 43.2 Å². The lowest BCUT2D eigenvalue weighted by atomic mass is 9.70. The minimum Gasteiger partial charge on any atom is -0.505 e. The zero-order valence-electron chi connectivity index (χ0n) is 80.1. The monoisotopic (exact) mass is 2000 g/mol. The quantitative estimate of drug-likeness (QED) is 0.0212. The van der Waals surface area contributed by atoms with Gasteiger partial charge in [-0.2, -0.15) is 0 Å². The molecule has 47 nitrogen and oxygen atoms in total. The van der Waals surface area contributed by atoms with Crippen LogP contribution >= 0.6 is 11.6 Å². The molecule has 772 valence electrons. The van der Waals surface area contributed by atoms with Crippen molar-refractivity contribution in [1.29, 1.82) is 0 Å². The number of Topliss-reactive ketones (excluding diaryl/α,β-unsaturated/α-hetero) is 1. The fourth-order valence-electron chi connectivity index (χ4n) is 15.5. The van der Waals surface area contributed by atoms with Crippen LogP contribution in [0.2, 0.25) is 0 Å². The van der Waals surface area contributed by atoms with Crippen molar-refractivity contribution in [3.63, 3.8) is 0 Å². The fourth-order valence-corrected chi connectivity index (χ4v) is 15.6. The van der Waals surface area contributed by atoms with Crippen LogP contribution in [0.15, 0.2) is 126 Å². The van der Waals surface area contributed by atoms with Crippen LogP contribution < -0.4 is 0 Å². The molecule has 0 bridgehead atoms. The third-order valence-electron chi connectivity index (χ3n) is 21.3. The molecule has 11 N–H and O–H groups in total. The van der Waals surface area contributed by atoms with E-state index in [4.69, 9.17) is 137 Å². The largest absolute Gasteiger partial charge is 0.505 e. The second-order valence-electron chi connectivity index (χ2n) is 35.2. The summed E-state index contributed by atoms with van der Waals surface area (Å²) in [5.41, 5.74) is 9.78. The summed E-state index contributed by atoms with van der Waals surface area (Å²) in [6.07, 6.45) is -9.96. The number of carboxylic acid groups (broad SMARTS) is 2. The van der Waals surface area contributed by atoms with Gasteiger partial charge in [-0.3, -0.25) is 28.8 Å². The lowest BCUT2D eigenvalue weighted by molar-refractivity contribution is -0.187. The molecule has 7 unspecified atom stereocenters. The van der Waals surface area contributed by atoms with E-state index < -0.39 is 234 Å². The highest BCUT2D eigenvalue weighted by molar-refractivity contribution is 6.64. The molecule has 9 heterocycles. The van der Waals surface area contributed by atoms with Crippen LogP contribution in [0, 0.1) is 16.2 Å². The molecule has 12 aliphatic rings. The maximum Gasteiger partial charge on any atom is 0.378 e. The summed E-state index contributed by atoms with van der Waals surface area (Å²) in [6.45, 7) is 38.0. The standard InChI is InChI=1S/C25H32O10.C21H28O8.C13H20O2.C12H11ClO9.C8H8O8.C6H8O6.C6H12O4/c1-12(2)8-17-13(3)9-16(10-25(17,6)7)33-23(29)24-30-11-18(34-24)19-20(31-14(4)26)21(22(28)35-19)32-15(5)27;1-10(2)6-13-11(3)7-12(8-21(13,4)5)27-19(25)20-26-9-14(28-20)17-15(22)16(23)18(24)29-17;1-8(2)6-10-9(3)12(15)11(14)7-13(10,4)5;1-4(14)19-8-7(6-3-18-12(21-6)10(13)16)22-11(17)9(8)20-5(2)15;9-3-4(10)7(13)16-5(3)2-1-14-8(15-2)6(11)12;7-1-2(8)5-3(9)4(10)6(11)12-5;1-3-9-6(5(7)8)10-4-2/h8,16,18-19,24H,9-11H2,1-7H3;6,12,14,17,20,22-23H,7-9H2,1-5H3;6,11,14H,7H2,1-5H3;6-7,12H,3H2,1-2H3;2,5,8-10H,1H2,(H,11,12);2,5,7-10H,1H2;6H,3-4H2,1-2H3,(H,7,8)/t16?,18-,19+,24?;12?,14-,17+,20?;;6-,7+,12?;2-,5+,8?;2-,5+;/m00.000./s1. The van der Waals surface area contributed by atoms with Crippen molar-refractivity contribution in [2.75, 3.05) is 46.2 Å². The maximum atomic E-state index is 12.8. The lowest BCUT2D eigenvalue weighted by Gasteiger charge is -2.37. The Kier molecular flexibility index (Phi) is 42.0. The van der Waals surface area contributed by atoms with E-state index in [1.165, 1.54) is 33.4 Å². The summed E-state index contributed by atoms with van der Waals surface area (Å²) in [5.74, 6) is -18.6. The second-order valence-corrected chi connectivity index (χ2v) is 35.6. The molecule has 48 heteroatoms. The summed E-state index contributed by atoms with van der Waals surface area (Å²) in [5, 5.41) is 98.2. The van der Waals surface area contributed by atoms with Crippen LogP contribution in [0.25, 0.3) is 0 Å². The van der Waals surface area contributed by atoms with Gasteiger partial charge in [-0.15, -0.1) is 0 Å². The number of aliphatic hydroxyl groups excluding tert-OH is 9. The molecule has 0 saturated carbocycles. The van der Waals surface area contributed by atoms with E-state index >= 15 is 0 Å². The van der Waals surface area contributed by atoms with E-state index in [2.05, 4.69) is 83.1 Å². The minimum absolute atomic E-state index is 0.0884. The van der Waals surface area contributed by atoms with Crippen molar-refractivity contribution in [3.05, 3.63) is 126 Å². The van der Waals surface area contributed by atoms with Gasteiger partial charge in [-0.05, 0) is 146 Å². The molecule has 0 aromatic rings. The molecule has 12 rings (SSSR count). The van der Waals surface area contributed by atoms with Crippen molar-refractivity contribution in [3.8, 4) is 0 Å². The Morgan fingerprint density at radius 2 is 0.770 bits per heavy atom. The van der Waals surface area contributed by atoms with Gasteiger partial charge in [0, 0.05) is 53.8 Å². The van der Waals surface area contributed by atoms with Gasteiger partial charge in [-0.1, -0.05) is 87.6 Å². The van der Waals surface area contributed by atoms with Gasteiger partial charge in [0.15, 0.2) is 53.6 Å². The highest BCUT2D eigenvalue weighted by Gasteiger charge is 2.54.